The summed E-state index contributed by atoms with van der Waals surface area (Å²) in [7, 11) is -2.40. The Hall–Kier alpha value is -0.0900. The minimum Gasteiger partial charge on any atom is -0.216 e. The minimum atomic E-state index is -2.40. The average molecular weight is 151 g/mol. The number of hydrogen-bond donors (Lipinski definition) is 2. The van der Waals surface area contributed by atoms with Crippen LogP contribution in [0.1, 0.15) is 26.7 Å². The van der Waals surface area contributed by atoms with Gasteiger partial charge in [-0.2, -0.15) is 0 Å². The Morgan fingerprint density at radius 2 is 2.11 bits per heavy atom. The molecule has 0 saturated carbocycles. The van der Waals surface area contributed by atoms with Crippen molar-refractivity contribution in [2.45, 2.75) is 32.7 Å². The molecule has 56 valence electrons. The topological polar surface area (TPSA) is 46.2 Å². The average Bonchev–Trinajstić information content (AvgIpc) is 1.63. The molecule has 9 heavy (non-hydrogen) atoms. The van der Waals surface area contributed by atoms with Crippen molar-refractivity contribution in [2.24, 2.45) is 0 Å². The second-order valence-corrected chi connectivity index (χ2v) is 2.85. The summed E-state index contributed by atoms with van der Waals surface area (Å²) in [5, 5.41) is 0. The summed E-state index contributed by atoms with van der Waals surface area (Å²) >= 11 is 0. The Kier molecular flexibility index (Phi) is 4.71. The van der Waals surface area contributed by atoms with Crippen LogP contribution in [0.25, 0.3) is 0 Å². The van der Waals surface area contributed by atoms with E-state index in [1.807, 2.05) is 13.8 Å². The van der Waals surface area contributed by atoms with Crippen LogP contribution in [0.2, 0.25) is 0 Å². The molecule has 1 unspecified atom stereocenters. The molecule has 0 spiro atoms. The Morgan fingerprint density at radius 3 is 2.44 bits per heavy atom. The molecule has 0 amide bonds. The van der Waals surface area contributed by atoms with Crippen molar-refractivity contribution in [2.75, 3.05) is 0 Å². The van der Waals surface area contributed by atoms with Crippen molar-refractivity contribution in [3.8, 4) is 0 Å². The number of nitrogens with one attached hydrogen (secondary N) is 1. The van der Waals surface area contributed by atoms with Crippen LogP contribution in [0.5, 0.6) is 0 Å². The predicted molar refractivity (Wildman–Crippen MR) is 37.8 cm³/mol. The molecule has 0 aliphatic carbocycles. The van der Waals surface area contributed by atoms with Crippen LogP contribution in [0.15, 0.2) is 0 Å². The molecule has 0 fully saturated rings. The van der Waals surface area contributed by atoms with Gasteiger partial charge in [0.1, 0.15) is 0 Å². The molecule has 0 rings (SSSR count). The van der Waals surface area contributed by atoms with Gasteiger partial charge in [0.15, 0.2) is 0 Å². The Balaban J connectivity index is 3.37. The van der Waals surface area contributed by atoms with Gasteiger partial charge in [0.2, 0.25) is 10.9 Å². The molecule has 0 aromatic rings. The first-order valence-electron chi connectivity index (χ1n) is 3.07. The third-order valence-electron chi connectivity index (χ3n) is 1.05. The molecule has 1 N–H and O–H groups in total. The van der Waals surface area contributed by atoms with Gasteiger partial charge in [0, 0.05) is 6.04 Å². The molecular formula is C5H13NO2S. The standard InChI is InChI=1S/C5H13NO2S/c1-3-4-5(2)6-9(7)8/h5,9H,3-4H2,1-2H3,(H,6,7,8). The molecule has 0 heterocycles. The van der Waals surface area contributed by atoms with E-state index in [1.165, 1.54) is 0 Å². The number of hydrogen-bond acceptors (Lipinski definition) is 2. The molecule has 3 nitrogen and oxygen atoms in total. The zero-order valence-electron chi connectivity index (χ0n) is 5.76. The fraction of sp³-hybridized carbons (Fsp3) is 1.00. The van der Waals surface area contributed by atoms with E-state index in [1.54, 1.807) is 0 Å². The summed E-state index contributed by atoms with van der Waals surface area (Å²) in [6.07, 6.45) is 1.92. The molecule has 0 aromatic heterocycles. The summed E-state index contributed by atoms with van der Waals surface area (Å²) in [6, 6.07) is 0.0936. The first kappa shape index (κ1) is 8.91. The van der Waals surface area contributed by atoms with E-state index in [0.29, 0.717) is 0 Å². The fourth-order valence-electron chi connectivity index (χ4n) is 0.678. The predicted octanol–water partition coefficient (Wildman–Crippen LogP) is 0.291. The van der Waals surface area contributed by atoms with Gasteiger partial charge in [0.05, 0.1) is 0 Å². The minimum absolute atomic E-state index is 0.0936. The summed E-state index contributed by atoms with van der Waals surface area (Å²) in [4.78, 5) is 0. The third kappa shape index (κ3) is 5.79. The monoisotopic (exact) mass is 151 g/mol. The van der Waals surface area contributed by atoms with Crippen molar-refractivity contribution >= 4 is 10.9 Å². The highest BCUT2D eigenvalue weighted by Crippen LogP contribution is 1.92. The van der Waals surface area contributed by atoms with E-state index in [-0.39, 0.29) is 6.04 Å². The van der Waals surface area contributed by atoms with E-state index in [0.717, 1.165) is 12.8 Å². The zero-order chi connectivity index (χ0) is 7.28. The maximum Gasteiger partial charge on any atom is 0.201 e. The van der Waals surface area contributed by atoms with Crippen LogP contribution in [-0.2, 0) is 10.9 Å². The quantitative estimate of drug-likeness (QED) is 0.567. The lowest BCUT2D eigenvalue weighted by Crippen LogP contribution is -2.23. The van der Waals surface area contributed by atoms with Crippen LogP contribution in [0.4, 0.5) is 0 Å². The van der Waals surface area contributed by atoms with Crippen LogP contribution >= 0.6 is 0 Å². The summed E-state index contributed by atoms with van der Waals surface area (Å²) in [6.45, 7) is 3.88. The first-order chi connectivity index (χ1) is 4.16. The molecule has 0 bridgehead atoms. The van der Waals surface area contributed by atoms with E-state index in [4.69, 9.17) is 0 Å². The van der Waals surface area contributed by atoms with Crippen LogP contribution < -0.4 is 4.72 Å². The molecule has 0 saturated heterocycles. The summed E-state index contributed by atoms with van der Waals surface area (Å²) in [5.41, 5.74) is 0. The van der Waals surface area contributed by atoms with Crippen molar-refractivity contribution in [1.82, 2.24) is 4.72 Å². The third-order valence-corrected chi connectivity index (χ3v) is 1.70. The van der Waals surface area contributed by atoms with Gasteiger partial charge < -0.3 is 0 Å². The summed E-state index contributed by atoms with van der Waals surface area (Å²) < 4.78 is 22.4. The van der Waals surface area contributed by atoms with E-state index in [2.05, 4.69) is 4.72 Å². The maximum atomic E-state index is 10.0. The smallest absolute Gasteiger partial charge is 0.201 e. The lowest BCUT2D eigenvalue weighted by molar-refractivity contribution is 0.560. The van der Waals surface area contributed by atoms with Gasteiger partial charge in [-0.25, -0.2) is 13.1 Å². The van der Waals surface area contributed by atoms with Gasteiger partial charge in [-0.3, -0.25) is 0 Å². The number of rotatable bonds is 4. The van der Waals surface area contributed by atoms with E-state index < -0.39 is 10.9 Å². The van der Waals surface area contributed by atoms with E-state index >= 15 is 0 Å². The highest BCUT2D eigenvalue weighted by molar-refractivity contribution is 7.70. The van der Waals surface area contributed by atoms with E-state index in [9.17, 15) is 8.42 Å². The van der Waals surface area contributed by atoms with Crippen molar-refractivity contribution in [3.05, 3.63) is 0 Å². The summed E-state index contributed by atoms with van der Waals surface area (Å²) in [5.74, 6) is 0. The normalized spacial score (nSPS) is 14.1. The zero-order valence-corrected chi connectivity index (χ0v) is 6.65. The van der Waals surface area contributed by atoms with Crippen molar-refractivity contribution in [1.29, 1.82) is 0 Å². The maximum absolute atomic E-state index is 10.0. The largest absolute Gasteiger partial charge is 0.216 e. The Bertz CT molecular complexity index is 125. The molecular weight excluding hydrogens is 138 g/mol. The van der Waals surface area contributed by atoms with Crippen molar-refractivity contribution in [3.63, 3.8) is 0 Å². The highest BCUT2D eigenvalue weighted by atomic mass is 32.2. The lowest BCUT2D eigenvalue weighted by atomic mass is 10.2. The van der Waals surface area contributed by atoms with Crippen LogP contribution in [0.3, 0.4) is 0 Å². The number of thiol groups is 1. The van der Waals surface area contributed by atoms with Crippen LogP contribution in [-0.4, -0.2) is 14.5 Å². The van der Waals surface area contributed by atoms with Gasteiger partial charge >= 0.3 is 0 Å². The van der Waals surface area contributed by atoms with Crippen molar-refractivity contribution < 1.29 is 8.42 Å². The van der Waals surface area contributed by atoms with Gasteiger partial charge in [0.25, 0.3) is 0 Å². The molecule has 0 radical (unpaired) electrons. The van der Waals surface area contributed by atoms with Gasteiger partial charge in [-0.1, -0.05) is 13.3 Å². The second kappa shape index (κ2) is 4.76. The molecule has 1 atom stereocenters. The molecule has 4 heteroatoms. The highest BCUT2D eigenvalue weighted by Gasteiger charge is 1.97. The lowest BCUT2D eigenvalue weighted by Gasteiger charge is -2.04. The van der Waals surface area contributed by atoms with Gasteiger partial charge in [-0.15, -0.1) is 0 Å². The molecule has 0 aromatic carbocycles. The Labute approximate surface area is 57.5 Å². The second-order valence-electron chi connectivity index (χ2n) is 2.08. The SMILES string of the molecule is CCCC(C)N[SH](=O)=O. The van der Waals surface area contributed by atoms with Crippen LogP contribution in [0, 0.1) is 0 Å². The van der Waals surface area contributed by atoms with Gasteiger partial charge in [-0.05, 0) is 13.3 Å². The first-order valence-corrected chi connectivity index (χ1v) is 4.25. The Morgan fingerprint density at radius 1 is 1.56 bits per heavy atom. The fourth-order valence-corrected chi connectivity index (χ4v) is 1.17. The molecule has 0 aliphatic rings. The molecule has 0 aliphatic heterocycles.